The van der Waals surface area contributed by atoms with Crippen LogP contribution in [0.4, 0.5) is 0 Å². The van der Waals surface area contributed by atoms with Crippen molar-refractivity contribution in [2.45, 2.75) is 58.2 Å². The van der Waals surface area contributed by atoms with Crippen LogP contribution in [-0.4, -0.2) is 28.8 Å². The summed E-state index contributed by atoms with van der Waals surface area (Å²) in [4.78, 5) is 16.7. The van der Waals surface area contributed by atoms with E-state index in [1.165, 1.54) is 0 Å². The number of carbonyl (C=O) groups is 1. The van der Waals surface area contributed by atoms with E-state index in [-0.39, 0.29) is 11.9 Å². The van der Waals surface area contributed by atoms with E-state index in [1.807, 2.05) is 52.9 Å². The summed E-state index contributed by atoms with van der Waals surface area (Å²) >= 11 is 0. The van der Waals surface area contributed by atoms with Gasteiger partial charge in [0.05, 0.1) is 12.2 Å². The fourth-order valence-corrected chi connectivity index (χ4v) is 2.45. The number of esters is 1. The number of nitrogens with zero attached hydrogens (tertiary/aromatic N) is 1. The summed E-state index contributed by atoms with van der Waals surface area (Å²) in [6, 6.07) is 3.97. The predicted molar refractivity (Wildman–Crippen MR) is 76.5 cm³/mol. The quantitative estimate of drug-likeness (QED) is 0.794. The number of pyridine rings is 1. The van der Waals surface area contributed by atoms with Crippen LogP contribution in [0.5, 0.6) is 0 Å². The molecule has 2 atom stereocenters. The third-order valence-corrected chi connectivity index (χ3v) is 3.31. The van der Waals surface area contributed by atoms with Gasteiger partial charge in [-0.05, 0) is 52.7 Å². The second-order valence-electron chi connectivity index (χ2n) is 6.34. The lowest BCUT2D eigenvalue weighted by molar-refractivity contribution is -0.171. The molecule has 0 aromatic carbocycles. The van der Waals surface area contributed by atoms with Gasteiger partial charge in [0.2, 0.25) is 0 Å². The SMILES string of the molecule is CCOC(=O)C1(OC(C)(C)C)CC1c1ccc(C)cn1. The Balaban J connectivity index is 2.23. The molecular formula is C16H23NO3. The maximum atomic E-state index is 12.3. The van der Waals surface area contributed by atoms with Crippen molar-refractivity contribution in [1.82, 2.24) is 4.98 Å². The third-order valence-electron chi connectivity index (χ3n) is 3.31. The second kappa shape index (κ2) is 5.17. The summed E-state index contributed by atoms with van der Waals surface area (Å²) in [7, 11) is 0. The molecule has 0 N–H and O–H groups in total. The zero-order valence-corrected chi connectivity index (χ0v) is 12.9. The van der Waals surface area contributed by atoms with E-state index >= 15 is 0 Å². The highest BCUT2D eigenvalue weighted by Crippen LogP contribution is 2.56. The molecule has 1 aromatic heterocycles. The van der Waals surface area contributed by atoms with E-state index in [2.05, 4.69) is 4.98 Å². The smallest absolute Gasteiger partial charge is 0.339 e. The van der Waals surface area contributed by atoms with Gasteiger partial charge in [-0.1, -0.05) is 6.07 Å². The van der Waals surface area contributed by atoms with Crippen LogP contribution in [0.25, 0.3) is 0 Å². The average Bonchev–Trinajstić information content (AvgIpc) is 3.03. The number of aryl methyl sites for hydroxylation is 1. The van der Waals surface area contributed by atoms with Gasteiger partial charge >= 0.3 is 5.97 Å². The van der Waals surface area contributed by atoms with Gasteiger partial charge in [0, 0.05) is 17.8 Å². The van der Waals surface area contributed by atoms with Crippen molar-refractivity contribution in [3.05, 3.63) is 29.6 Å². The number of carbonyl (C=O) groups excluding carboxylic acids is 1. The normalized spacial score (nSPS) is 25.4. The highest BCUT2D eigenvalue weighted by Gasteiger charge is 2.65. The van der Waals surface area contributed by atoms with Crippen molar-refractivity contribution < 1.29 is 14.3 Å². The fraction of sp³-hybridized carbons (Fsp3) is 0.625. The number of hydrogen-bond donors (Lipinski definition) is 0. The Morgan fingerprint density at radius 2 is 2.15 bits per heavy atom. The van der Waals surface area contributed by atoms with Gasteiger partial charge in [-0.3, -0.25) is 4.98 Å². The van der Waals surface area contributed by atoms with Crippen molar-refractivity contribution in [1.29, 1.82) is 0 Å². The van der Waals surface area contributed by atoms with E-state index in [0.717, 1.165) is 11.3 Å². The summed E-state index contributed by atoms with van der Waals surface area (Å²) in [6.07, 6.45) is 2.46. The molecule has 0 amide bonds. The van der Waals surface area contributed by atoms with Crippen LogP contribution < -0.4 is 0 Å². The molecule has 0 aliphatic heterocycles. The number of hydrogen-bond acceptors (Lipinski definition) is 4. The van der Waals surface area contributed by atoms with Gasteiger partial charge in [0.25, 0.3) is 0 Å². The number of rotatable bonds is 4. The first-order valence-electron chi connectivity index (χ1n) is 7.08. The molecule has 1 aromatic rings. The highest BCUT2D eigenvalue weighted by atomic mass is 16.6. The van der Waals surface area contributed by atoms with Gasteiger partial charge in [-0.15, -0.1) is 0 Å². The highest BCUT2D eigenvalue weighted by molar-refractivity contribution is 5.85. The third kappa shape index (κ3) is 3.01. The van der Waals surface area contributed by atoms with E-state index in [4.69, 9.17) is 9.47 Å². The molecule has 1 aliphatic carbocycles. The van der Waals surface area contributed by atoms with Crippen LogP contribution in [0.1, 0.15) is 51.3 Å². The summed E-state index contributed by atoms with van der Waals surface area (Å²) in [5.41, 5.74) is 0.740. The van der Waals surface area contributed by atoms with Crippen LogP contribution in [-0.2, 0) is 14.3 Å². The predicted octanol–water partition coefficient (Wildman–Crippen LogP) is 2.99. The lowest BCUT2D eigenvalue weighted by atomic mass is 10.1. The first kappa shape index (κ1) is 15.0. The van der Waals surface area contributed by atoms with Crippen molar-refractivity contribution in [3.8, 4) is 0 Å². The van der Waals surface area contributed by atoms with Crippen molar-refractivity contribution >= 4 is 5.97 Å². The Hall–Kier alpha value is -1.42. The van der Waals surface area contributed by atoms with E-state index in [9.17, 15) is 4.79 Å². The van der Waals surface area contributed by atoms with Crippen LogP contribution in [0.3, 0.4) is 0 Å². The molecular weight excluding hydrogens is 254 g/mol. The van der Waals surface area contributed by atoms with Gasteiger partial charge in [-0.25, -0.2) is 4.79 Å². The lowest BCUT2D eigenvalue weighted by Gasteiger charge is -2.27. The van der Waals surface area contributed by atoms with E-state index in [1.54, 1.807) is 0 Å². The maximum Gasteiger partial charge on any atom is 0.339 e. The number of aromatic nitrogens is 1. The first-order valence-corrected chi connectivity index (χ1v) is 7.08. The van der Waals surface area contributed by atoms with Gasteiger partial charge in [0.1, 0.15) is 0 Å². The van der Waals surface area contributed by atoms with E-state index < -0.39 is 11.2 Å². The fourth-order valence-electron chi connectivity index (χ4n) is 2.45. The first-order chi connectivity index (χ1) is 9.28. The molecule has 1 aliphatic rings. The lowest BCUT2D eigenvalue weighted by Crippen LogP contribution is -2.38. The van der Waals surface area contributed by atoms with Gasteiger partial charge in [-0.2, -0.15) is 0 Å². The standard InChI is InChI=1S/C16H23NO3/c1-6-19-14(18)16(20-15(3,4)5)9-12(16)13-8-7-11(2)10-17-13/h7-8,10,12H,6,9H2,1-5H3. The molecule has 0 bridgehead atoms. The minimum absolute atomic E-state index is 0.0126. The van der Waals surface area contributed by atoms with Gasteiger partial charge in [0.15, 0.2) is 5.60 Å². The van der Waals surface area contributed by atoms with Crippen molar-refractivity contribution in [3.63, 3.8) is 0 Å². The zero-order valence-electron chi connectivity index (χ0n) is 12.9. The van der Waals surface area contributed by atoms with E-state index in [0.29, 0.717) is 13.0 Å². The maximum absolute atomic E-state index is 12.3. The molecule has 20 heavy (non-hydrogen) atoms. The van der Waals surface area contributed by atoms with Gasteiger partial charge < -0.3 is 9.47 Å². The van der Waals surface area contributed by atoms with Crippen LogP contribution in [0.2, 0.25) is 0 Å². The van der Waals surface area contributed by atoms with Crippen LogP contribution in [0.15, 0.2) is 18.3 Å². The summed E-state index contributed by atoms with van der Waals surface area (Å²) < 4.78 is 11.2. The molecule has 0 spiro atoms. The average molecular weight is 277 g/mol. The molecule has 2 rings (SSSR count). The second-order valence-corrected chi connectivity index (χ2v) is 6.34. The molecule has 1 heterocycles. The summed E-state index contributed by atoms with van der Waals surface area (Å²) in [6.45, 7) is 10.0. The molecule has 1 saturated carbocycles. The minimum atomic E-state index is -0.865. The van der Waals surface area contributed by atoms with Crippen LogP contribution >= 0.6 is 0 Å². The number of ether oxygens (including phenoxy) is 2. The topological polar surface area (TPSA) is 48.4 Å². The largest absolute Gasteiger partial charge is 0.464 e. The van der Waals surface area contributed by atoms with Crippen molar-refractivity contribution in [2.75, 3.05) is 6.61 Å². The molecule has 1 fully saturated rings. The zero-order chi connectivity index (χ0) is 15.0. The molecule has 0 radical (unpaired) electrons. The Kier molecular flexibility index (Phi) is 3.87. The Morgan fingerprint density at radius 1 is 1.45 bits per heavy atom. The van der Waals surface area contributed by atoms with Crippen LogP contribution in [0, 0.1) is 6.92 Å². The summed E-state index contributed by atoms with van der Waals surface area (Å²) in [5, 5.41) is 0. The Morgan fingerprint density at radius 3 is 2.65 bits per heavy atom. The molecule has 2 unspecified atom stereocenters. The molecule has 4 nitrogen and oxygen atoms in total. The molecule has 4 heteroatoms. The minimum Gasteiger partial charge on any atom is -0.464 e. The van der Waals surface area contributed by atoms with Crippen molar-refractivity contribution in [2.24, 2.45) is 0 Å². The molecule has 0 saturated heterocycles. The Labute approximate surface area is 120 Å². The monoisotopic (exact) mass is 277 g/mol. The summed E-state index contributed by atoms with van der Waals surface area (Å²) in [5.74, 6) is -0.288. The Bertz CT molecular complexity index is 489. The molecule has 110 valence electrons.